The molecule has 4 nitrogen and oxygen atoms in total. The molecule has 0 atom stereocenters. The van der Waals surface area contributed by atoms with E-state index in [1.165, 1.54) is 5.56 Å². The minimum absolute atomic E-state index is 0.0146. The number of likely N-dealkylation sites (N-methyl/N-ethyl adjacent to an activating group) is 2. The van der Waals surface area contributed by atoms with Crippen LogP contribution in [0.15, 0.2) is 54.6 Å². The van der Waals surface area contributed by atoms with Crippen LogP contribution < -0.4 is 10.1 Å². The first kappa shape index (κ1) is 18.9. The largest absolute Gasteiger partial charge is 0.497 e. The molecule has 2 rings (SSSR count). The molecule has 0 aliphatic rings. The van der Waals surface area contributed by atoms with Crippen molar-refractivity contribution < 1.29 is 9.53 Å². The molecule has 0 amide bonds. The molecule has 0 spiro atoms. The van der Waals surface area contributed by atoms with E-state index in [1.54, 1.807) is 37.5 Å². The topological polar surface area (TPSA) is 41.6 Å². The summed E-state index contributed by atoms with van der Waals surface area (Å²) in [5, 5.41) is 3.15. The molecule has 0 saturated heterocycles. The molecule has 0 saturated carbocycles. The second kappa shape index (κ2) is 9.77. The van der Waals surface area contributed by atoms with Gasteiger partial charge in [-0.1, -0.05) is 30.3 Å². The zero-order chi connectivity index (χ0) is 18.1. The lowest BCUT2D eigenvalue weighted by Crippen LogP contribution is -2.26. The number of ether oxygens (including phenoxy) is 1. The van der Waals surface area contributed by atoms with Crippen molar-refractivity contribution in [2.24, 2.45) is 0 Å². The normalized spacial score (nSPS) is 11.2. The first-order valence-corrected chi connectivity index (χ1v) is 8.41. The molecular formula is C21H26N2O2. The third kappa shape index (κ3) is 6.18. The molecule has 0 aliphatic heterocycles. The highest BCUT2D eigenvalue weighted by molar-refractivity contribution is 6.06. The average molecular weight is 338 g/mol. The Morgan fingerprint density at radius 3 is 2.64 bits per heavy atom. The van der Waals surface area contributed by atoms with Crippen molar-refractivity contribution in [1.29, 1.82) is 0 Å². The van der Waals surface area contributed by atoms with Gasteiger partial charge in [-0.15, -0.1) is 0 Å². The monoisotopic (exact) mass is 338 g/mol. The van der Waals surface area contributed by atoms with Crippen molar-refractivity contribution in [1.82, 2.24) is 10.2 Å². The minimum Gasteiger partial charge on any atom is -0.497 e. The van der Waals surface area contributed by atoms with Crippen molar-refractivity contribution in [3.8, 4) is 5.75 Å². The van der Waals surface area contributed by atoms with E-state index < -0.39 is 0 Å². The summed E-state index contributed by atoms with van der Waals surface area (Å²) in [5.74, 6) is 0.731. The molecule has 0 aromatic heterocycles. The van der Waals surface area contributed by atoms with Gasteiger partial charge in [-0.2, -0.15) is 0 Å². The second-order valence-electron chi connectivity index (χ2n) is 6.01. The van der Waals surface area contributed by atoms with Crippen molar-refractivity contribution in [3.63, 3.8) is 0 Å². The highest BCUT2D eigenvalue weighted by Gasteiger charge is 2.03. The molecule has 132 valence electrons. The summed E-state index contributed by atoms with van der Waals surface area (Å²) in [5.41, 5.74) is 2.92. The van der Waals surface area contributed by atoms with Crippen LogP contribution in [0.5, 0.6) is 5.75 Å². The number of benzene rings is 2. The predicted octanol–water partition coefficient (Wildman–Crippen LogP) is 3.24. The molecule has 0 unspecified atom stereocenters. The van der Waals surface area contributed by atoms with Crippen LogP contribution in [-0.2, 0) is 6.54 Å². The fourth-order valence-electron chi connectivity index (χ4n) is 2.51. The molecule has 0 heterocycles. The Hall–Kier alpha value is -2.43. The number of nitrogens with one attached hydrogen (secondary N) is 1. The number of allylic oxidation sites excluding steroid dienone is 1. The van der Waals surface area contributed by atoms with Gasteiger partial charge in [0, 0.05) is 25.2 Å². The lowest BCUT2D eigenvalue weighted by molar-refractivity contribution is 0.104. The summed E-state index contributed by atoms with van der Waals surface area (Å²) in [6.45, 7) is 2.84. The Morgan fingerprint density at radius 2 is 1.96 bits per heavy atom. The van der Waals surface area contributed by atoms with Gasteiger partial charge in [-0.3, -0.25) is 4.79 Å². The quantitative estimate of drug-likeness (QED) is 0.563. The summed E-state index contributed by atoms with van der Waals surface area (Å²) in [6, 6.07) is 15.4. The molecule has 1 N–H and O–H groups in total. The van der Waals surface area contributed by atoms with E-state index in [9.17, 15) is 4.79 Å². The summed E-state index contributed by atoms with van der Waals surface area (Å²) in [4.78, 5) is 14.5. The summed E-state index contributed by atoms with van der Waals surface area (Å²) in [7, 11) is 5.67. The third-order valence-corrected chi connectivity index (χ3v) is 3.95. The van der Waals surface area contributed by atoms with Crippen LogP contribution in [0, 0.1) is 0 Å². The summed E-state index contributed by atoms with van der Waals surface area (Å²) < 4.78 is 5.11. The van der Waals surface area contributed by atoms with Crippen molar-refractivity contribution in [3.05, 3.63) is 71.3 Å². The molecule has 4 heteroatoms. The maximum Gasteiger partial charge on any atom is 0.185 e. The zero-order valence-electron chi connectivity index (χ0n) is 15.2. The first-order chi connectivity index (χ1) is 12.1. The zero-order valence-corrected chi connectivity index (χ0v) is 15.2. The molecule has 2 aromatic rings. The van der Waals surface area contributed by atoms with E-state index >= 15 is 0 Å². The lowest BCUT2D eigenvalue weighted by Gasteiger charge is -2.16. The van der Waals surface area contributed by atoms with E-state index in [0.29, 0.717) is 5.56 Å². The SMILES string of the molecule is CNCCN(C)Cc1cccc(C=CC(=O)c2ccc(OC)cc2)c1. The average Bonchev–Trinajstić information content (AvgIpc) is 2.65. The van der Waals surface area contributed by atoms with Gasteiger partial charge in [0.05, 0.1) is 7.11 Å². The molecule has 0 aliphatic carbocycles. The highest BCUT2D eigenvalue weighted by atomic mass is 16.5. The van der Waals surface area contributed by atoms with Gasteiger partial charge in [-0.05, 0) is 55.6 Å². The van der Waals surface area contributed by atoms with Crippen LogP contribution in [0.4, 0.5) is 0 Å². The van der Waals surface area contributed by atoms with Crippen LogP contribution in [0.2, 0.25) is 0 Å². The van der Waals surface area contributed by atoms with E-state index in [4.69, 9.17) is 4.74 Å². The first-order valence-electron chi connectivity index (χ1n) is 8.41. The van der Waals surface area contributed by atoms with E-state index in [1.807, 2.05) is 25.3 Å². The van der Waals surface area contributed by atoms with Gasteiger partial charge in [0.1, 0.15) is 5.75 Å². The molecular weight excluding hydrogens is 312 g/mol. The standard InChI is InChI=1S/C21H26N2O2/c1-22-13-14-23(2)16-18-6-4-5-17(15-18)7-12-21(24)19-8-10-20(25-3)11-9-19/h4-12,15,22H,13-14,16H2,1-3H3. The second-order valence-corrected chi connectivity index (χ2v) is 6.01. The Balaban J connectivity index is 2.00. The summed E-state index contributed by atoms with van der Waals surface area (Å²) in [6.07, 6.45) is 3.48. The minimum atomic E-state index is -0.0146. The number of carbonyl (C=O) groups excluding carboxylic acids is 1. The number of ketones is 1. The number of nitrogens with zero attached hydrogens (tertiary/aromatic N) is 1. The summed E-state index contributed by atoms with van der Waals surface area (Å²) >= 11 is 0. The van der Waals surface area contributed by atoms with Crippen molar-refractivity contribution >= 4 is 11.9 Å². The highest BCUT2D eigenvalue weighted by Crippen LogP contribution is 2.13. The third-order valence-electron chi connectivity index (χ3n) is 3.95. The fraction of sp³-hybridized carbons (Fsp3) is 0.286. The number of hydrogen-bond donors (Lipinski definition) is 1. The Kier molecular flexibility index (Phi) is 7.38. The predicted molar refractivity (Wildman–Crippen MR) is 103 cm³/mol. The maximum absolute atomic E-state index is 12.3. The van der Waals surface area contributed by atoms with E-state index in [2.05, 4.69) is 29.4 Å². The van der Waals surface area contributed by atoms with Crippen LogP contribution in [0.3, 0.4) is 0 Å². The Bertz CT molecular complexity index is 708. The smallest absolute Gasteiger partial charge is 0.185 e. The van der Waals surface area contributed by atoms with Crippen LogP contribution in [0.25, 0.3) is 6.08 Å². The lowest BCUT2D eigenvalue weighted by atomic mass is 10.1. The van der Waals surface area contributed by atoms with Crippen LogP contribution in [-0.4, -0.2) is 45.0 Å². The fourth-order valence-corrected chi connectivity index (χ4v) is 2.51. The molecule has 0 fully saturated rings. The van der Waals surface area contributed by atoms with E-state index in [-0.39, 0.29) is 5.78 Å². The van der Waals surface area contributed by atoms with Gasteiger partial charge in [0.2, 0.25) is 0 Å². The Labute approximate surface area is 150 Å². The molecule has 0 radical (unpaired) electrons. The van der Waals surface area contributed by atoms with Gasteiger partial charge in [0.15, 0.2) is 5.78 Å². The maximum atomic E-state index is 12.3. The molecule has 25 heavy (non-hydrogen) atoms. The number of carbonyl (C=O) groups is 1. The molecule has 0 bridgehead atoms. The number of hydrogen-bond acceptors (Lipinski definition) is 4. The number of methoxy groups -OCH3 is 1. The van der Waals surface area contributed by atoms with Crippen LogP contribution >= 0.6 is 0 Å². The van der Waals surface area contributed by atoms with Gasteiger partial charge in [-0.25, -0.2) is 0 Å². The van der Waals surface area contributed by atoms with Crippen LogP contribution in [0.1, 0.15) is 21.5 Å². The van der Waals surface area contributed by atoms with Gasteiger partial charge >= 0.3 is 0 Å². The van der Waals surface area contributed by atoms with E-state index in [0.717, 1.165) is 30.9 Å². The van der Waals surface area contributed by atoms with Crippen molar-refractivity contribution in [2.45, 2.75) is 6.54 Å². The Morgan fingerprint density at radius 1 is 1.20 bits per heavy atom. The molecule has 2 aromatic carbocycles. The van der Waals surface area contributed by atoms with Crippen molar-refractivity contribution in [2.75, 3.05) is 34.3 Å². The van der Waals surface area contributed by atoms with Gasteiger partial charge < -0.3 is 15.0 Å². The van der Waals surface area contributed by atoms with Gasteiger partial charge in [0.25, 0.3) is 0 Å². The number of rotatable bonds is 9.